The van der Waals surface area contributed by atoms with Crippen molar-refractivity contribution in [2.24, 2.45) is 23.7 Å². The van der Waals surface area contributed by atoms with Gasteiger partial charge in [-0.25, -0.2) is 9.78 Å². The second kappa shape index (κ2) is 6.13. The summed E-state index contributed by atoms with van der Waals surface area (Å²) in [6, 6.07) is 0. The van der Waals surface area contributed by atoms with Crippen LogP contribution >= 0.6 is 0 Å². The van der Waals surface area contributed by atoms with Crippen LogP contribution in [0.25, 0.3) is 0 Å². The molecule has 110 valence electrons. The van der Waals surface area contributed by atoms with Gasteiger partial charge in [-0.2, -0.15) is 0 Å². The molecule has 3 saturated carbocycles. The van der Waals surface area contributed by atoms with E-state index < -0.39 is 0 Å². The molecular weight excluding hydrogens is 236 g/mol. The SMILES string of the molecule is CC1CC2CC(C)C(OOC3CCCCC3)C(C1)C2. The van der Waals surface area contributed by atoms with E-state index in [-0.39, 0.29) is 0 Å². The van der Waals surface area contributed by atoms with E-state index in [0.717, 1.165) is 17.8 Å². The summed E-state index contributed by atoms with van der Waals surface area (Å²) in [7, 11) is 0. The normalized spacial score (nSPS) is 44.2. The molecule has 5 unspecified atom stereocenters. The van der Waals surface area contributed by atoms with Crippen LogP contribution in [0.4, 0.5) is 0 Å². The molecule has 2 heteroatoms. The van der Waals surface area contributed by atoms with Gasteiger partial charge in [0.15, 0.2) is 0 Å². The minimum atomic E-state index is 0.362. The summed E-state index contributed by atoms with van der Waals surface area (Å²) in [5, 5.41) is 0. The minimum absolute atomic E-state index is 0.362. The highest BCUT2D eigenvalue weighted by Gasteiger charge is 2.41. The van der Waals surface area contributed by atoms with E-state index in [4.69, 9.17) is 9.78 Å². The van der Waals surface area contributed by atoms with E-state index in [0.29, 0.717) is 18.1 Å². The Balaban J connectivity index is 1.53. The van der Waals surface area contributed by atoms with Crippen LogP contribution in [0, 0.1) is 23.7 Å². The third-order valence-electron chi connectivity index (χ3n) is 5.66. The molecule has 0 aliphatic heterocycles. The average molecular weight is 266 g/mol. The van der Waals surface area contributed by atoms with Crippen molar-refractivity contribution in [2.45, 2.75) is 83.8 Å². The Morgan fingerprint density at radius 3 is 2.37 bits per heavy atom. The van der Waals surface area contributed by atoms with Crippen molar-refractivity contribution >= 4 is 0 Å². The van der Waals surface area contributed by atoms with Gasteiger partial charge < -0.3 is 0 Å². The van der Waals surface area contributed by atoms with Crippen molar-refractivity contribution in [3.63, 3.8) is 0 Å². The smallest absolute Gasteiger partial charge is 0.0983 e. The highest BCUT2D eigenvalue weighted by molar-refractivity contribution is 4.90. The molecule has 0 aromatic heterocycles. The van der Waals surface area contributed by atoms with Gasteiger partial charge in [-0.05, 0) is 62.2 Å². The summed E-state index contributed by atoms with van der Waals surface area (Å²) >= 11 is 0. The van der Waals surface area contributed by atoms with Crippen LogP contribution in [0.3, 0.4) is 0 Å². The third-order valence-corrected chi connectivity index (χ3v) is 5.66. The van der Waals surface area contributed by atoms with E-state index in [1.807, 2.05) is 0 Å². The molecule has 2 bridgehead atoms. The number of hydrogen-bond acceptors (Lipinski definition) is 2. The van der Waals surface area contributed by atoms with Gasteiger partial charge >= 0.3 is 0 Å². The Labute approximate surface area is 118 Å². The van der Waals surface area contributed by atoms with Gasteiger partial charge in [-0.15, -0.1) is 0 Å². The van der Waals surface area contributed by atoms with E-state index in [9.17, 15) is 0 Å². The van der Waals surface area contributed by atoms with Crippen LogP contribution in [0.1, 0.15) is 71.6 Å². The molecule has 0 spiro atoms. The molecule has 2 nitrogen and oxygen atoms in total. The summed E-state index contributed by atoms with van der Waals surface area (Å²) in [5.74, 6) is 3.27. The maximum Gasteiger partial charge on any atom is 0.0983 e. The summed E-state index contributed by atoms with van der Waals surface area (Å²) in [4.78, 5) is 11.8. The van der Waals surface area contributed by atoms with Gasteiger partial charge in [0.1, 0.15) is 0 Å². The van der Waals surface area contributed by atoms with Crippen LogP contribution in [0.15, 0.2) is 0 Å². The molecule has 5 atom stereocenters. The van der Waals surface area contributed by atoms with Gasteiger partial charge in [0.05, 0.1) is 12.2 Å². The molecule has 19 heavy (non-hydrogen) atoms. The fourth-order valence-corrected chi connectivity index (χ4v) is 4.87. The Hall–Kier alpha value is -0.0800. The lowest BCUT2D eigenvalue weighted by Gasteiger charge is -2.45. The van der Waals surface area contributed by atoms with E-state index in [1.165, 1.54) is 57.8 Å². The number of rotatable bonds is 3. The quantitative estimate of drug-likeness (QED) is 0.543. The molecule has 3 rings (SSSR count). The zero-order valence-corrected chi connectivity index (χ0v) is 12.6. The average Bonchev–Trinajstić information content (AvgIpc) is 2.38. The first-order chi connectivity index (χ1) is 9.22. The van der Waals surface area contributed by atoms with Gasteiger partial charge in [-0.1, -0.05) is 33.1 Å². The maximum absolute atomic E-state index is 5.97. The standard InChI is InChI=1S/C17H30O2/c1-12-8-14-10-13(2)17(15(9-12)11-14)19-18-16-6-4-3-5-7-16/h12-17H,3-11H2,1-2H3. The highest BCUT2D eigenvalue weighted by Crippen LogP contribution is 2.46. The fourth-order valence-electron chi connectivity index (χ4n) is 4.87. The molecule has 3 fully saturated rings. The lowest BCUT2D eigenvalue weighted by Crippen LogP contribution is -2.42. The third kappa shape index (κ3) is 3.33. The van der Waals surface area contributed by atoms with Crippen molar-refractivity contribution < 1.29 is 9.78 Å². The van der Waals surface area contributed by atoms with Crippen LogP contribution in [0.2, 0.25) is 0 Å². The Morgan fingerprint density at radius 1 is 0.789 bits per heavy atom. The predicted molar refractivity (Wildman–Crippen MR) is 76.6 cm³/mol. The maximum atomic E-state index is 5.97. The molecular formula is C17H30O2. The van der Waals surface area contributed by atoms with Crippen LogP contribution in [0.5, 0.6) is 0 Å². The van der Waals surface area contributed by atoms with Crippen molar-refractivity contribution in [2.75, 3.05) is 0 Å². The summed E-state index contributed by atoms with van der Waals surface area (Å²) < 4.78 is 0. The second-order valence-corrected chi connectivity index (χ2v) is 7.57. The molecule has 0 aromatic rings. The molecule has 3 aliphatic rings. The molecule has 0 amide bonds. The first-order valence-electron chi connectivity index (χ1n) is 8.54. The minimum Gasteiger partial charge on any atom is -0.233 e. The highest BCUT2D eigenvalue weighted by atomic mass is 17.2. The first kappa shape index (κ1) is 13.9. The largest absolute Gasteiger partial charge is 0.233 e. The second-order valence-electron chi connectivity index (χ2n) is 7.57. The van der Waals surface area contributed by atoms with Crippen molar-refractivity contribution in [1.29, 1.82) is 0 Å². The van der Waals surface area contributed by atoms with Gasteiger partial charge in [-0.3, -0.25) is 0 Å². The van der Waals surface area contributed by atoms with Crippen LogP contribution in [-0.2, 0) is 9.78 Å². The van der Waals surface area contributed by atoms with Crippen LogP contribution in [-0.4, -0.2) is 12.2 Å². The van der Waals surface area contributed by atoms with Crippen molar-refractivity contribution in [3.8, 4) is 0 Å². The Bertz CT molecular complexity index is 281. The molecule has 0 radical (unpaired) electrons. The lowest BCUT2D eigenvalue weighted by atomic mass is 9.64. The molecule has 0 heterocycles. The zero-order chi connectivity index (χ0) is 13.2. The zero-order valence-electron chi connectivity index (χ0n) is 12.6. The van der Waals surface area contributed by atoms with Crippen LogP contribution < -0.4 is 0 Å². The first-order valence-corrected chi connectivity index (χ1v) is 8.54. The molecule has 3 aliphatic carbocycles. The Kier molecular flexibility index (Phi) is 4.48. The summed E-state index contributed by atoms with van der Waals surface area (Å²) in [5.41, 5.74) is 0. The van der Waals surface area contributed by atoms with Crippen molar-refractivity contribution in [1.82, 2.24) is 0 Å². The molecule has 0 aromatic carbocycles. The Morgan fingerprint density at radius 2 is 1.58 bits per heavy atom. The van der Waals surface area contributed by atoms with Gasteiger partial charge in [0.25, 0.3) is 0 Å². The number of hydrogen-bond donors (Lipinski definition) is 0. The topological polar surface area (TPSA) is 18.5 Å². The monoisotopic (exact) mass is 266 g/mol. The van der Waals surface area contributed by atoms with E-state index in [2.05, 4.69) is 13.8 Å². The van der Waals surface area contributed by atoms with E-state index in [1.54, 1.807) is 0 Å². The molecule has 0 N–H and O–H groups in total. The van der Waals surface area contributed by atoms with Crippen molar-refractivity contribution in [3.05, 3.63) is 0 Å². The van der Waals surface area contributed by atoms with E-state index >= 15 is 0 Å². The number of fused-ring (bicyclic) bond motifs is 2. The van der Waals surface area contributed by atoms with Gasteiger partial charge in [0.2, 0.25) is 0 Å². The summed E-state index contributed by atoms with van der Waals surface area (Å²) in [6.45, 7) is 4.78. The predicted octanol–water partition coefficient (Wildman–Crippen LogP) is 4.73. The molecule has 0 saturated heterocycles. The fraction of sp³-hybridized carbons (Fsp3) is 1.00. The lowest BCUT2D eigenvalue weighted by molar-refractivity contribution is -0.376. The van der Waals surface area contributed by atoms with Gasteiger partial charge in [0, 0.05) is 0 Å². The summed E-state index contributed by atoms with van der Waals surface area (Å²) in [6.07, 6.45) is 12.7.